The van der Waals surface area contributed by atoms with E-state index < -0.39 is 17.2 Å². The van der Waals surface area contributed by atoms with E-state index in [9.17, 15) is 18.7 Å². The van der Waals surface area contributed by atoms with E-state index in [0.717, 1.165) is 5.69 Å². The molecule has 0 bridgehead atoms. The first-order chi connectivity index (χ1) is 19.4. The number of imidazole rings is 2. The summed E-state index contributed by atoms with van der Waals surface area (Å²) in [5, 5.41) is 9.73. The summed E-state index contributed by atoms with van der Waals surface area (Å²) in [6, 6.07) is 0. The van der Waals surface area contributed by atoms with E-state index in [2.05, 4.69) is 41.8 Å². The van der Waals surface area contributed by atoms with Crippen LogP contribution in [0.15, 0.2) is 33.7 Å². The maximum absolute atomic E-state index is 14.3. The summed E-state index contributed by atoms with van der Waals surface area (Å²) in [6.07, 6.45) is 8.65. The second-order valence-corrected chi connectivity index (χ2v) is 11.4. The van der Waals surface area contributed by atoms with Crippen molar-refractivity contribution in [2.24, 2.45) is 0 Å². The first-order valence-corrected chi connectivity index (χ1v) is 14.8. The summed E-state index contributed by atoms with van der Waals surface area (Å²) in [5.74, 6) is -0.956. The lowest BCUT2D eigenvalue weighted by Gasteiger charge is -2.15. The molecule has 13 heteroatoms. The number of aromatic nitrogens is 4. The van der Waals surface area contributed by atoms with Crippen molar-refractivity contribution >= 4 is 49.1 Å². The second-order valence-electron chi connectivity index (χ2n) is 9.65. The zero-order valence-electron chi connectivity index (χ0n) is 23.6. The maximum atomic E-state index is 14.3. The van der Waals surface area contributed by atoms with Gasteiger partial charge in [0.15, 0.2) is 22.8 Å². The topological polar surface area (TPSA) is 99.6 Å². The van der Waals surface area contributed by atoms with E-state index in [1.165, 1.54) is 0 Å². The number of pyridine rings is 2. The van der Waals surface area contributed by atoms with Crippen LogP contribution in [0.1, 0.15) is 58.8 Å². The highest BCUT2D eigenvalue weighted by atomic mass is 79.9. The van der Waals surface area contributed by atoms with Gasteiger partial charge in [-0.25, -0.2) is 9.97 Å². The van der Waals surface area contributed by atoms with Crippen molar-refractivity contribution in [3.05, 3.63) is 56.8 Å². The van der Waals surface area contributed by atoms with Gasteiger partial charge in [-0.05, 0) is 79.3 Å². The lowest BCUT2D eigenvalue weighted by molar-refractivity contribution is -0.143. The van der Waals surface area contributed by atoms with Gasteiger partial charge in [-0.1, -0.05) is 0 Å². The number of aryl methyl sites for hydroxylation is 2. The Kier molecular flexibility index (Phi) is 11.5. The Hall–Kier alpha value is -2.77. The van der Waals surface area contributed by atoms with Gasteiger partial charge < -0.3 is 28.1 Å². The standard InChI is InChI=1S/C14H16BrFN2O3.C14H18BrFN2O2/c1-3-20-11(19)6-5-9-7-18-8-10(15)13(21-4-2)12(16)14(18)17-9;1-4-20-12-10(15)8-18-7-9(5-6-14(2,3)19)17-13(18)11(12)16/h7-8H,3-6H2,1-2H3;7-8,19H,4-6H2,1-3H3. The predicted octanol–water partition coefficient (Wildman–Crippen LogP) is 6.47. The van der Waals surface area contributed by atoms with Gasteiger partial charge in [0, 0.05) is 31.2 Å². The fourth-order valence-corrected chi connectivity index (χ4v) is 4.89. The number of hydrogen-bond donors (Lipinski definition) is 1. The Bertz CT molecular complexity index is 1500. The molecule has 9 nitrogen and oxygen atoms in total. The van der Waals surface area contributed by atoms with Crippen LogP contribution in [0.5, 0.6) is 11.5 Å². The van der Waals surface area contributed by atoms with Crippen LogP contribution in [0.4, 0.5) is 8.78 Å². The smallest absolute Gasteiger partial charge is 0.306 e. The highest BCUT2D eigenvalue weighted by Crippen LogP contribution is 2.32. The van der Waals surface area contributed by atoms with Gasteiger partial charge in [0.25, 0.3) is 0 Å². The van der Waals surface area contributed by atoms with Gasteiger partial charge in [0.2, 0.25) is 11.6 Å². The first-order valence-electron chi connectivity index (χ1n) is 13.2. The molecular formula is C28H34Br2F2N4O5. The van der Waals surface area contributed by atoms with Crippen LogP contribution in [0, 0.1) is 11.6 Å². The number of halogens is 4. The van der Waals surface area contributed by atoms with Crippen LogP contribution in [-0.2, 0) is 22.4 Å². The van der Waals surface area contributed by atoms with Gasteiger partial charge in [-0.2, -0.15) is 8.78 Å². The number of carbonyl (C=O) groups is 1. The molecule has 0 radical (unpaired) electrons. The molecule has 4 rings (SSSR count). The van der Waals surface area contributed by atoms with Crippen LogP contribution < -0.4 is 9.47 Å². The highest BCUT2D eigenvalue weighted by molar-refractivity contribution is 9.10. The van der Waals surface area contributed by atoms with E-state index in [-0.39, 0.29) is 35.2 Å². The molecule has 0 amide bonds. The van der Waals surface area contributed by atoms with E-state index in [0.29, 0.717) is 53.7 Å². The summed E-state index contributed by atoms with van der Waals surface area (Å²) in [7, 11) is 0. The number of ether oxygens (including phenoxy) is 3. The van der Waals surface area contributed by atoms with Crippen molar-refractivity contribution in [3.63, 3.8) is 0 Å². The normalized spacial score (nSPS) is 11.5. The zero-order chi connectivity index (χ0) is 30.3. The van der Waals surface area contributed by atoms with Crippen molar-refractivity contribution in [3.8, 4) is 11.5 Å². The summed E-state index contributed by atoms with van der Waals surface area (Å²) in [6.45, 7) is 9.93. The Morgan fingerprint density at radius 2 is 1.32 bits per heavy atom. The number of fused-ring (bicyclic) bond motifs is 2. The average molecular weight is 704 g/mol. The third-order valence-electron chi connectivity index (χ3n) is 5.76. The number of rotatable bonds is 11. The summed E-state index contributed by atoms with van der Waals surface area (Å²) >= 11 is 6.57. The minimum absolute atomic E-state index is 0.146. The first kappa shape index (κ1) is 32.7. The molecule has 224 valence electrons. The van der Waals surface area contributed by atoms with Crippen molar-refractivity contribution in [1.82, 2.24) is 18.8 Å². The quantitative estimate of drug-likeness (QED) is 0.179. The number of nitrogens with zero attached hydrogens (tertiary/aromatic N) is 4. The minimum atomic E-state index is -0.759. The predicted molar refractivity (Wildman–Crippen MR) is 158 cm³/mol. The Labute approximate surface area is 254 Å². The van der Waals surface area contributed by atoms with Crippen LogP contribution in [0.2, 0.25) is 0 Å². The van der Waals surface area contributed by atoms with Crippen molar-refractivity contribution in [2.75, 3.05) is 19.8 Å². The third kappa shape index (κ3) is 8.62. The number of esters is 1. The summed E-state index contributed by atoms with van der Waals surface area (Å²) in [5.41, 5.74) is 1.03. The molecule has 1 N–H and O–H groups in total. The van der Waals surface area contributed by atoms with Crippen molar-refractivity contribution < 1.29 is 32.9 Å². The zero-order valence-corrected chi connectivity index (χ0v) is 26.8. The molecule has 0 aliphatic carbocycles. The largest absolute Gasteiger partial charge is 0.489 e. The summed E-state index contributed by atoms with van der Waals surface area (Å²) < 4.78 is 48.3. The molecule has 0 saturated carbocycles. The fourth-order valence-electron chi connectivity index (χ4n) is 3.88. The van der Waals surface area contributed by atoms with Crippen LogP contribution >= 0.6 is 31.9 Å². The van der Waals surface area contributed by atoms with Crippen molar-refractivity contribution in [2.45, 2.75) is 65.9 Å². The van der Waals surface area contributed by atoms with Gasteiger partial charge in [0.1, 0.15) is 0 Å². The molecular weight excluding hydrogens is 670 g/mol. The number of aliphatic hydroxyl groups is 1. The van der Waals surface area contributed by atoms with Crippen LogP contribution in [0.3, 0.4) is 0 Å². The lowest BCUT2D eigenvalue weighted by atomic mass is 10.0. The van der Waals surface area contributed by atoms with Crippen molar-refractivity contribution in [1.29, 1.82) is 0 Å². The molecule has 0 saturated heterocycles. The van der Waals surface area contributed by atoms with Crippen LogP contribution in [0.25, 0.3) is 11.3 Å². The molecule has 4 aromatic heterocycles. The van der Waals surface area contributed by atoms with Gasteiger partial charge in [-0.15, -0.1) is 0 Å². The molecule has 0 fully saturated rings. The summed E-state index contributed by atoms with van der Waals surface area (Å²) in [4.78, 5) is 19.8. The molecule has 0 unspecified atom stereocenters. The average Bonchev–Trinajstić information content (AvgIpc) is 3.51. The highest BCUT2D eigenvalue weighted by Gasteiger charge is 2.19. The van der Waals surface area contributed by atoms with Gasteiger partial charge in [0.05, 0.1) is 52.2 Å². The Morgan fingerprint density at radius 3 is 1.73 bits per heavy atom. The number of hydrogen-bond acceptors (Lipinski definition) is 7. The van der Waals surface area contributed by atoms with E-state index in [4.69, 9.17) is 14.2 Å². The maximum Gasteiger partial charge on any atom is 0.306 e. The second kappa shape index (κ2) is 14.4. The SMILES string of the molecule is CCOC(=O)CCc1cn2cc(Br)c(OCC)c(F)c2n1.CCOc1c(Br)cn2cc(CCC(C)(C)O)nc2c1F. The molecule has 0 aromatic carbocycles. The van der Waals surface area contributed by atoms with E-state index in [1.54, 1.807) is 68.2 Å². The Morgan fingerprint density at radius 1 is 0.854 bits per heavy atom. The molecule has 4 aromatic rings. The van der Waals surface area contributed by atoms with Crippen LogP contribution in [-0.4, -0.2) is 55.3 Å². The third-order valence-corrected chi connectivity index (χ3v) is 6.89. The Balaban J connectivity index is 0.000000226. The van der Waals surface area contributed by atoms with E-state index in [1.807, 2.05) is 0 Å². The lowest BCUT2D eigenvalue weighted by Crippen LogP contribution is -2.19. The molecule has 0 atom stereocenters. The molecule has 4 heterocycles. The number of carbonyl (C=O) groups excluding carboxylic acids is 1. The fraction of sp³-hybridized carbons (Fsp3) is 0.464. The molecule has 0 spiro atoms. The monoisotopic (exact) mass is 702 g/mol. The van der Waals surface area contributed by atoms with Gasteiger partial charge >= 0.3 is 5.97 Å². The molecule has 0 aliphatic rings. The van der Waals surface area contributed by atoms with Gasteiger partial charge in [-0.3, -0.25) is 4.79 Å². The molecule has 41 heavy (non-hydrogen) atoms. The van der Waals surface area contributed by atoms with E-state index >= 15 is 0 Å². The molecule has 0 aliphatic heterocycles. The minimum Gasteiger partial charge on any atom is -0.489 e.